The summed E-state index contributed by atoms with van der Waals surface area (Å²) in [4.78, 5) is 18.3. The van der Waals surface area contributed by atoms with Crippen LogP contribution >= 0.6 is 0 Å². The second kappa shape index (κ2) is 6.81. The van der Waals surface area contributed by atoms with Crippen molar-refractivity contribution in [1.82, 2.24) is 15.0 Å². The molecular formula is C17H21N3O3. The summed E-state index contributed by atoms with van der Waals surface area (Å²) in [6.45, 7) is 5.48. The Kier molecular flexibility index (Phi) is 4.60. The molecule has 3 rings (SSSR count). The van der Waals surface area contributed by atoms with Gasteiger partial charge in [0, 0.05) is 18.7 Å². The summed E-state index contributed by atoms with van der Waals surface area (Å²) in [6.07, 6.45) is 3.36. The van der Waals surface area contributed by atoms with Gasteiger partial charge in [0.15, 0.2) is 0 Å². The van der Waals surface area contributed by atoms with Gasteiger partial charge in [-0.1, -0.05) is 5.16 Å². The average Bonchev–Trinajstić information content (AvgIpc) is 3.05. The van der Waals surface area contributed by atoms with Gasteiger partial charge in [-0.05, 0) is 57.4 Å². The molecule has 0 atom stereocenters. The van der Waals surface area contributed by atoms with Crippen LogP contribution in [0.3, 0.4) is 0 Å². The van der Waals surface area contributed by atoms with Crippen LogP contribution in [0.1, 0.15) is 43.8 Å². The highest BCUT2D eigenvalue weighted by Gasteiger charge is 2.23. The third-order valence-corrected chi connectivity index (χ3v) is 3.74. The van der Waals surface area contributed by atoms with Gasteiger partial charge in [0.05, 0.1) is 6.10 Å². The lowest BCUT2D eigenvalue weighted by atomic mass is 10.1. The first-order valence-electron chi connectivity index (χ1n) is 8.03. The van der Waals surface area contributed by atoms with Gasteiger partial charge in [-0.15, -0.1) is 0 Å². The van der Waals surface area contributed by atoms with Crippen molar-refractivity contribution < 1.29 is 14.1 Å². The number of benzene rings is 1. The van der Waals surface area contributed by atoms with E-state index in [2.05, 4.69) is 10.1 Å². The SMILES string of the molecule is CC(C)Oc1ccc(-c2noc(C(=O)N3CCCCC3)n2)cc1. The number of hydrogen-bond acceptors (Lipinski definition) is 5. The number of piperidine rings is 1. The molecule has 1 fully saturated rings. The molecule has 122 valence electrons. The van der Waals surface area contributed by atoms with Crippen LogP contribution in [0.15, 0.2) is 28.8 Å². The molecule has 0 spiro atoms. The van der Waals surface area contributed by atoms with Crippen molar-refractivity contribution in [3.05, 3.63) is 30.2 Å². The maximum absolute atomic E-state index is 12.3. The second-order valence-corrected chi connectivity index (χ2v) is 5.97. The molecule has 1 aromatic heterocycles. The first kappa shape index (κ1) is 15.5. The van der Waals surface area contributed by atoms with E-state index in [1.807, 2.05) is 38.1 Å². The van der Waals surface area contributed by atoms with Crippen molar-refractivity contribution in [3.63, 3.8) is 0 Å². The van der Waals surface area contributed by atoms with Crippen LogP contribution in [0.25, 0.3) is 11.4 Å². The second-order valence-electron chi connectivity index (χ2n) is 5.97. The molecule has 1 aliphatic heterocycles. The van der Waals surface area contributed by atoms with Gasteiger partial charge in [-0.25, -0.2) is 0 Å². The van der Waals surface area contributed by atoms with Crippen molar-refractivity contribution >= 4 is 5.91 Å². The first-order chi connectivity index (χ1) is 11.1. The Bertz CT molecular complexity index is 658. The lowest BCUT2D eigenvalue weighted by Crippen LogP contribution is -2.35. The number of carbonyl (C=O) groups excluding carboxylic acids is 1. The highest BCUT2D eigenvalue weighted by Crippen LogP contribution is 2.21. The minimum absolute atomic E-state index is 0.0596. The van der Waals surface area contributed by atoms with Crippen LogP contribution in [0.2, 0.25) is 0 Å². The van der Waals surface area contributed by atoms with E-state index >= 15 is 0 Å². The summed E-state index contributed by atoms with van der Waals surface area (Å²) >= 11 is 0. The van der Waals surface area contributed by atoms with Gasteiger partial charge in [-0.2, -0.15) is 4.98 Å². The fraction of sp³-hybridized carbons (Fsp3) is 0.471. The maximum Gasteiger partial charge on any atom is 0.316 e. The fourth-order valence-corrected chi connectivity index (χ4v) is 2.61. The Morgan fingerprint density at radius 1 is 1.17 bits per heavy atom. The zero-order chi connectivity index (χ0) is 16.2. The predicted octanol–water partition coefficient (Wildman–Crippen LogP) is 3.15. The number of hydrogen-bond donors (Lipinski definition) is 0. The Morgan fingerprint density at radius 3 is 2.52 bits per heavy atom. The van der Waals surface area contributed by atoms with Crippen LogP contribution in [0, 0.1) is 0 Å². The Hall–Kier alpha value is -2.37. The van der Waals surface area contributed by atoms with Gasteiger partial charge >= 0.3 is 11.8 Å². The maximum atomic E-state index is 12.3. The smallest absolute Gasteiger partial charge is 0.316 e. The van der Waals surface area contributed by atoms with E-state index in [4.69, 9.17) is 9.26 Å². The number of ether oxygens (including phenoxy) is 1. The van der Waals surface area contributed by atoms with Crippen LogP contribution in [0.4, 0.5) is 0 Å². The number of aromatic nitrogens is 2. The molecule has 6 heteroatoms. The molecular weight excluding hydrogens is 294 g/mol. The Labute approximate surface area is 135 Å². The van der Waals surface area contributed by atoms with Gasteiger partial charge in [0.2, 0.25) is 5.82 Å². The summed E-state index contributed by atoms with van der Waals surface area (Å²) in [5.74, 6) is 1.09. The number of amides is 1. The highest BCUT2D eigenvalue weighted by molar-refractivity contribution is 5.90. The van der Waals surface area contributed by atoms with Crippen LogP contribution < -0.4 is 4.74 Å². The zero-order valence-corrected chi connectivity index (χ0v) is 13.5. The monoisotopic (exact) mass is 315 g/mol. The molecule has 6 nitrogen and oxygen atoms in total. The average molecular weight is 315 g/mol. The first-order valence-corrected chi connectivity index (χ1v) is 8.03. The van der Waals surface area contributed by atoms with Crippen molar-refractivity contribution in [2.75, 3.05) is 13.1 Å². The Morgan fingerprint density at radius 2 is 1.87 bits per heavy atom. The normalized spacial score (nSPS) is 15.0. The third-order valence-electron chi connectivity index (χ3n) is 3.74. The van der Waals surface area contributed by atoms with E-state index < -0.39 is 0 Å². The number of rotatable bonds is 4. The fourth-order valence-electron chi connectivity index (χ4n) is 2.61. The van der Waals surface area contributed by atoms with Gasteiger partial charge in [-0.3, -0.25) is 4.79 Å². The van der Waals surface area contributed by atoms with Crippen LogP contribution in [0.5, 0.6) is 5.75 Å². The van der Waals surface area contributed by atoms with Crippen molar-refractivity contribution in [2.45, 2.75) is 39.2 Å². The number of carbonyl (C=O) groups is 1. The molecule has 0 aliphatic carbocycles. The molecule has 0 radical (unpaired) electrons. The van der Waals surface area contributed by atoms with Crippen LogP contribution in [-0.4, -0.2) is 40.1 Å². The molecule has 1 amide bonds. The zero-order valence-electron chi connectivity index (χ0n) is 13.5. The van der Waals surface area contributed by atoms with Gasteiger partial charge < -0.3 is 14.2 Å². The molecule has 0 saturated carbocycles. The highest BCUT2D eigenvalue weighted by atomic mass is 16.5. The molecule has 0 bridgehead atoms. The lowest BCUT2D eigenvalue weighted by molar-refractivity contribution is 0.0674. The quantitative estimate of drug-likeness (QED) is 0.867. The van der Waals surface area contributed by atoms with Crippen LogP contribution in [-0.2, 0) is 0 Å². The largest absolute Gasteiger partial charge is 0.491 e. The van der Waals surface area contributed by atoms with E-state index in [1.165, 1.54) is 6.42 Å². The van der Waals surface area contributed by atoms with E-state index in [-0.39, 0.29) is 17.9 Å². The molecule has 0 N–H and O–H groups in total. The number of likely N-dealkylation sites (tertiary alicyclic amines) is 1. The molecule has 23 heavy (non-hydrogen) atoms. The molecule has 1 aromatic carbocycles. The minimum Gasteiger partial charge on any atom is -0.491 e. The summed E-state index contributed by atoms with van der Waals surface area (Å²) in [5, 5.41) is 3.92. The van der Waals surface area contributed by atoms with Crippen molar-refractivity contribution in [1.29, 1.82) is 0 Å². The standard InChI is InChI=1S/C17H21N3O3/c1-12(2)22-14-8-6-13(7-9-14)15-18-16(23-19-15)17(21)20-10-4-3-5-11-20/h6-9,12H,3-5,10-11H2,1-2H3. The molecule has 1 aliphatic rings. The molecule has 2 heterocycles. The summed E-state index contributed by atoms with van der Waals surface area (Å²) in [7, 11) is 0. The van der Waals surface area contributed by atoms with Gasteiger partial charge in [0.25, 0.3) is 0 Å². The lowest BCUT2D eigenvalue weighted by Gasteiger charge is -2.24. The minimum atomic E-state index is -0.178. The van der Waals surface area contributed by atoms with Crippen molar-refractivity contribution in [2.24, 2.45) is 0 Å². The number of nitrogens with zero attached hydrogens (tertiary/aromatic N) is 3. The van der Waals surface area contributed by atoms with Crippen molar-refractivity contribution in [3.8, 4) is 17.1 Å². The molecule has 0 unspecified atom stereocenters. The Balaban J connectivity index is 1.72. The van der Waals surface area contributed by atoms with E-state index in [9.17, 15) is 4.79 Å². The molecule has 1 saturated heterocycles. The topological polar surface area (TPSA) is 68.5 Å². The summed E-state index contributed by atoms with van der Waals surface area (Å²) in [5.41, 5.74) is 0.794. The summed E-state index contributed by atoms with van der Waals surface area (Å²) in [6, 6.07) is 7.44. The van der Waals surface area contributed by atoms with E-state index in [0.717, 1.165) is 37.2 Å². The van der Waals surface area contributed by atoms with E-state index in [0.29, 0.717) is 5.82 Å². The molecule has 2 aromatic rings. The summed E-state index contributed by atoms with van der Waals surface area (Å²) < 4.78 is 10.7. The predicted molar refractivity (Wildman–Crippen MR) is 85.3 cm³/mol. The third kappa shape index (κ3) is 3.70. The van der Waals surface area contributed by atoms with E-state index in [1.54, 1.807) is 4.90 Å². The van der Waals surface area contributed by atoms with Gasteiger partial charge in [0.1, 0.15) is 5.75 Å².